The first-order valence-electron chi connectivity index (χ1n) is 10.7. The molecule has 5 N–H and O–H groups in total. The smallest absolute Gasteiger partial charge is 0.151 e. The number of methoxy groups -OCH3 is 1. The maximum absolute atomic E-state index is 10.7. The second kappa shape index (κ2) is 8.78. The van der Waals surface area contributed by atoms with Crippen molar-refractivity contribution in [3.63, 3.8) is 0 Å². The lowest BCUT2D eigenvalue weighted by Gasteiger charge is -2.49. The van der Waals surface area contributed by atoms with E-state index in [9.17, 15) is 5.11 Å². The van der Waals surface area contributed by atoms with E-state index in [-0.39, 0.29) is 16.8 Å². The van der Waals surface area contributed by atoms with E-state index in [1.165, 1.54) is 13.3 Å². The zero-order valence-electron chi connectivity index (χ0n) is 19.7. The van der Waals surface area contributed by atoms with Crippen molar-refractivity contribution >= 4 is 17.6 Å². The van der Waals surface area contributed by atoms with Gasteiger partial charge in [0.15, 0.2) is 5.82 Å². The van der Waals surface area contributed by atoms with E-state index in [0.29, 0.717) is 34.2 Å². The average molecular weight is 439 g/mol. The minimum atomic E-state index is -0.0159. The van der Waals surface area contributed by atoms with Crippen molar-refractivity contribution < 1.29 is 9.84 Å². The van der Waals surface area contributed by atoms with Gasteiger partial charge in [-0.15, -0.1) is 10.2 Å². The number of phenolic OH excluding ortho intramolecular Hbond substituents is 1. The first kappa shape index (κ1) is 23.5. The molecule has 1 aliphatic rings. The molecule has 2 heterocycles. The van der Waals surface area contributed by atoms with Gasteiger partial charge in [-0.05, 0) is 70.4 Å². The summed E-state index contributed by atoms with van der Waals surface area (Å²) in [7, 11) is 3.57. The monoisotopic (exact) mass is 438 g/mol. The molecule has 2 aromatic rings. The number of hydrogen-bond acceptors (Lipinski definition) is 8. The van der Waals surface area contributed by atoms with Crippen LogP contribution in [0.4, 0.5) is 5.82 Å². The fourth-order valence-corrected chi connectivity index (χ4v) is 4.79. The highest BCUT2D eigenvalue weighted by Crippen LogP contribution is 2.39. The third-order valence-corrected chi connectivity index (χ3v) is 5.95. The number of piperidine rings is 1. The van der Waals surface area contributed by atoms with Crippen LogP contribution in [-0.2, 0) is 0 Å². The fraction of sp³-hybridized carbons (Fsp3) is 0.458. The van der Waals surface area contributed by atoms with Gasteiger partial charge in [0.25, 0.3) is 0 Å². The Morgan fingerprint density at radius 2 is 1.88 bits per heavy atom. The van der Waals surface area contributed by atoms with Crippen molar-refractivity contribution in [2.75, 3.05) is 19.1 Å². The number of aromatic hydroxyl groups is 1. The maximum atomic E-state index is 10.7. The molecular weight excluding hydrogens is 404 g/mol. The van der Waals surface area contributed by atoms with Crippen LogP contribution in [0.25, 0.3) is 16.8 Å². The molecule has 8 nitrogen and oxygen atoms in total. The first-order valence-corrected chi connectivity index (χ1v) is 10.7. The van der Waals surface area contributed by atoms with Crippen LogP contribution in [0.1, 0.15) is 46.1 Å². The molecule has 0 radical (unpaired) electrons. The van der Waals surface area contributed by atoms with E-state index in [0.717, 1.165) is 24.9 Å². The van der Waals surface area contributed by atoms with Gasteiger partial charge in [-0.2, -0.15) is 0 Å². The van der Waals surface area contributed by atoms with Crippen molar-refractivity contribution in [2.24, 2.45) is 5.73 Å². The van der Waals surface area contributed by atoms with E-state index in [2.05, 4.69) is 55.2 Å². The summed E-state index contributed by atoms with van der Waals surface area (Å²) in [4.78, 5) is 2.18. The molecule has 0 bridgehead atoms. The molecule has 0 unspecified atom stereocenters. The van der Waals surface area contributed by atoms with Gasteiger partial charge in [-0.1, -0.05) is 0 Å². The number of benzene rings is 1. The number of phenols is 1. The van der Waals surface area contributed by atoms with Crippen LogP contribution in [0.15, 0.2) is 30.5 Å². The van der Waals surface area contributed by atoms with Gasteiger partial charge in [0, 0.05) is 42.2 Å². The summed E-state index contributed by atoms with van der Waals surface area (Å²) in [5.74, 6) is 1.19. The van der Waals surface area contributed by atoms with E-state index in [1.807, 2.05) is 12.1 Å². The molecule has 0 atom stereocenters. The summed E-state index contributed by atoms with van der Waals surface area (Å²) in [5.41, 5.74) is 7.65. The summed E-state index contributed by atoms with van der Waals surface area (Å²) in [6, 6.07) is 7.34. The van der Waals surface area contributed by atoms with E-state index in [1.54, 1.807) is 12.1 Å². The lowest BCUT2D eigenvalue weighted by atomic mass is 9.79. The molecule has 32 heavy (non-hydrogen) atoms. The standard InChI is InChI=1S/C24H34N6O2/c1-23(2)11-17(12-24(3,4)29-23)30(5)21-8-7-18(27-28-21)22-19(31)9-15(10-20(22)32-6)16(13-25)14-26/h7-10,13-14,17,25,29,31H,11-12,26H2,1-6H3/b16-14+,25-13?. The molecule has 0 amide bonds. The van der Waals surface area contributed by atoms with Gasteiger partial charge in [0.1, 0.15) is 17.2 Å². The zero-order valence-corrected chi connectivity index (χ0v) is 19.7. The Bertz CT molecular complexity index is 998. The lowest BCUT2D eigenvalue weighted by Crippen LogP contribution is -2.62. The minimum absolute atomic E-state index is 0.0159. The van der Waals surface area contributed by atoms with E-state index in [4.69, 9.17) is 15.9 Å². The number of aromatic nitrogens is 2. The fourth-order valence-electron chi connectivity index (χ4n) is 4.79. The summed E-state index contributed by atoms with van der Waals surface area (Å²) in [6.45, 7) is 8.91. The van der Waals surface area contributed by atoms with Crippen molar-refractivity contribution in [1.29, 1.82) is 5.41 Å². The highest BCUT2D eigenvalue weighted by Gasteiger charge is 2.39. The number of allylic oxidation sites excluding steroid dienone is 1. The topological polar surface area (TPSA) is 120 Å². The summed E-state index contributed by atoms with van der Waals surface area (Å²) in [6.07, 6.45) is 4.43. The Labute approximate surface area is 190 Å². The van der Waals surface area contributed by atoms with E-state index >= 15 is 0 Å². The third kappa shape index (κ3) is 4.85. The lowest BCUT2D eigenvalue weighted by molar-refractivity contribution is 0.160. The maximum Gasteiger partial charge on any atom is 0.151 e. The van der Waals surface area contributed by atoms with Gasteiger partial charge in [-0.25, -0.2) is 0 Å². The van der Waals surface area contributed by atoms with Crippen LogP contribution in [0.3, 0.4) is 0 Å². The van der Waals surface area contributed by atoms with Crippen molar-refractivity contribution in [1.82, 2.24) is 15.5 Å². The Morgan fingerprint density at radius 1 is 1.22 bits per heavy atom. The molecule has 1 saturated heterocycles. The predicted octanol–water partition coefficient (Wildman–Crippen LogP) is 3.55. The number of nitrogens with two attached hydrogens (primary N) is 1. The molecule has 8 heteroatoms. The van der Waals surface area contributed by atoms with Crippen molar-refractivity contribution in [2.45, 2.75) is 57.7 Å². The van der Waals surface area contributed by atoms with Gasteiger partial charge in [0.2, 0.25) is 0 Å². The Morgan fingerprint density at radius 3 is 2.38 bits per heavy atom. The normalized spacial score (nSPS) is 18.2. The average Bonchev–Trinajstić information content (AvgIpc) is 2.71. The quantitative estimate of drug-likeness (QED) is 0.509. The number of ether oxygens (including phenoxy) is 1. The molecule has 0 spiro atoms. The molecular formula is C24H34N6O2. The summed E-state index contributed by atoms with van der Waals surface area (Å²) < 4.78 is 5.49. The van der Waals surface area contributed by atoms with Crippen LogP contribution in [-0.4, -0.2) is 52.8 Å². The minimum Gasteiger partial charge on any atom is -0.507 e. The summed E-state index contributed by atoms with van der Waals surface area (Å²) >= 11 is 0. The number of rotatable bonds is 6. The number of nitrogens with one attached hydrogen (secondary N) is 2. The van der Waals surface area contributed by atoms with Crippen molar-refractivity contribution in [3.8, 4) is 22.8 Å². The molecule has 1 aromatic heterocycles. The molecule has 3 rings (SSSR count). The summed E-state index contributed by atoms with van der Waals surface area (Å²) in [5, 5.41) is 30.7. The Hall–Kier alpha value is -3.13. The highest BCUT2D eigenvalue weighted by molar-refractivity contribution is 6.08. The van der Waals surface area contributed by atoms with Crippen molar-refractivity contribution in [3.05, 3.63) is 36.0 Å². The van der Waals surface area contributed by atoms with Crippen LogP contribution in [0, 0.1) is 5.41 Å². The van der Waals surface area contributed by atoms with Crippen LogP contribution < -0.4 is 20.7 Å². The van der Waals surface area contributed by atoms with E-state index < -0.39 is 0 Å². The van der Waals surface area contributed by atoms with Gasteiger partial charge in [-0.3, -0.25) is 0 Å². The first-order chi connectivity index (χ1) is 15.0. The zero-order chi connectivity index (χ0) is 23.7. The van der Waals surface area contributed by atoms with Crippen LogP contribution >= 0.6 is 0 Å². The molecule has 172 valence electrons. The third-order valence-electron chi connectivity index (χ3n) is 5.95. The SMILES string of the molecule is COc1cc(/C(C=N)=C/N)cc(O)c1-c1ccc(N(C)C2CC(C)(C)NC(C)(C)C2)nn1. The molecule has 0 saturated carbocycles. The van der Waals surface area contributed by atoms with Crippen LogP contribution in [0.2, 0.25) is 0 Å². The Balaban J connectivity index is 1.91. The molecule has 1 aliphatic heterocycles. The molecule has 1 fully saturated rings. The van der Waals surface area contributed by atoms with Crippen LogP contribution in [0.5, 0.6) is 11.5 Å². The highest BCUT2D eigenvalue weighted by atomic mass is 16.5. The van der Waals surface area contributed by atoms with Gasteiger partial charge >= 0.3 is 0 Å². The van der Waals surface area contributed by atoms with Gasteiger partial charge < -0.3 is 31.2 Å². The number of anilines is 1. The second-order valence-corrected chi connectivity index (χ2v) is 9.68. The van der Waals surface area contributed by atoms with Gasteiger partial charge in [0.05, 0.1) is 12.7 Å². The Kier molecular flexibility index (Phi) is 6.46. The largest absolute Gasteiger partial charge is 0.507 e. The molecule has 1 aromatic carbocycles. The molecule has 0 aliphatic carbocycles. The second-order valence-electron chi connectivity index (χ2n) is 9.68. The predicted molar refractivity (Wildman–Crippen MR) is 129 cm³/mol. The number of hydrogen-bond donors (Lipinski definition) is 4. The number of nitrogens with zero attached hydrogens (tertiary/aromatic N) is 3.